The number of halogens is 1. The van der Waals surface area contributed by atoms with Gasteiger partial charge in [-0.25, -0.2) is 0 Å². The molecule has 1 heterocycles. The van der Waals surface area contributed by atoms with Crippen LogP contribution in [0.25, 0.3) is 0 Å². The highest BCUT2D eigenvalue weighted by Gasteiger charge is 2.20. The Balaban J connectivity index is 2.32. The molecule has 1 aromatic rings. The van der Waals surface area contributed by atoms with Gasteiger partial charge in [0.25, 0.3) is 0 Å². The topological polar surface area (TPSA) is 39.1 Å². The van der Waals surface area contributed by atoms with E-state index in [1.165, 1.54) is 5.56 Å². The highest BCUT2D eigenvalue weighted by molar-refractivity contribution is 9.10. The van der Waals surface area contributed by atoms with Crippen molar-refractivity contribution in [3.05, 3.63) is 28.2 Å². The van der Waals surface area contributed by atoms with Crippen molar-refractivity contribution >= 4 is 27.6 Å². The first-order valence-electron chi connectivity index (χ1n) is 5.49. The summed E-state index contributed by atoms with van der Waals surface area (Å²) in [6.45, 7) is 6.07. The molecule has 0 spiro atoms. The summed E-state index contributed by atoms with van der Waals surface area (Å²) in [4.78, 5) is 1.98. The largest absolute Gasteiger partial charge is 0.354 e. The standard InChI is InChI=1S/C12H16BrN3/c1-8(2)9-3-4-11(10(13)7-9)16-6-5-15-12(16)14/h3-4,7-8H,5-6H2,1-2H3,(H2,14,15). The van der Waals surface area contributed by atoms with E-state index in [4.69, 9.17) is 5.41 Å². The van der Waals surface area contributed by atoms with Crippen LogP contribution < -0.4 is 10.2 Å². The fourth-order valence-corrected chi connectivity index (χ4v) is 2.45. The molecule has 0 unspecified atom stereocenters. The zero-order valence-corrected chi connectivity index (χ0v) is 11.1. The van der Waals surface area contributed by atoms with Gasteiger partial charge in [0.05, 0.1) is 5.69 Å². The fourth-order valence-electron chi connectivity index (χ4n) is 1.84. The Morgan fingerprint density at radius 2 is 2.19 bits per heavy atom. The first-order valence-corrected chi connectivity index (χ1v) is 6.28. The van der Waals surface area contributed by atoms with Crippen molar-refractivity contribution in [2.24, 2.45) is 0 Å². The van der Waals surface area contributed by atoms with Gasteiger partial charge in [-0.3, -0.25) is 5.41 Å². The van der Waals surface area contributed by atoms with Gasteiger partial charge in [-0.15, -0.1) is 0 Å². The molecule has 16 heavy (non-hydrogen) atoms. The van der Waals surface area contributed by atoms with Gasteiger partial charge in [0.2, 0.25) is 0 Å². The molecule has 0 atom stereocenters. The number of anilines is 1. The molecule has 2 rings (SSSR count). The average Bonchev–Trinajstić information content (AvgIpc) is 2.64. The van der Waals surface area contributed by atoms with E-state index in [0.717, 1.165) is 23.2 Å². The Bertz CT molecular complexity index is 415. The van der Waals surface area contributed by atoms with E-state index in [1.807, 2.05) is 4.90 Å². The van der Waals surface area contributed by atoms with Crippen molar-refractivity contribution in [2.45, 2.75) is 19.8 Å². The van der Waals surface area contributed by atoms with Crippen LogP contribution in [-0.4, -0.2) is 19.0 Å². The summed E-state index contributed by atoms with van der Waals surface area (Å²) in [5, 5.41) is 10.8. The van der Waals surface area contributed by atoms with Crippen LogP contribution in [0, 0.1) is 5.41 Å². The van der Waals surface area contributed by atoms with Crippen LogP contribution in [0.15, 0.2) is 22.7 Å². The Labute approximate surface area is 104 Å². The van der Waals surface area contributed by atoms with Crippen LogP contribution in [0.1, 0.15) is 25.3 Å². The third kappa shape index (κ3) is 2.07. The fraction of sp³-hybridized carbons (Fsp3) is 0.417. The van der Waals surface area contributed by atoms with E-state index < -0.39 is 0 Å². The summed E-state index contributed by atoms with van der Waals surface area (Å²) in [6, 6.07) is 6.36. The molecule has 1 aliphatic heterocycles. The van der Waals surface area contributed by atoms with Crippen molar-refractivity contribution in [1.82, 2.24) is 5.32 Å². The third-order valence-corrected chi connectivity index (χ3v) is 3.46. The number of hydrogen-bond donors (Lipinski definition) is 2. The van der Waals surface area contributed by atoms with Gasteiger partial charge >= 0.3 is 0 Å². The summed E-state index contributed by atoms with van der Waals surface area (Å²) < 4.78 is 1.06. The van der Waals surface area contributed by atoms with Crippen LogP contribution in [0.5, 0.6) is 0 Å². The van der Waals surface area contributed by atoms with Crippen molar-refractivity contribution in [3.8, 4) is 0 Å². The quantitative estimate of drug-likeness (QED) is 0.875. The molecule has 2 N–H and O–H groups in total. The third-order valence-electron chi connectivity index (χ3n) is 2.83. The summed E-state index contributed by atoms with van der Waals surface area (Å²) >= 11 is 3.59. The Kier molecular flexibility index (Phi) is 3.19. The summed E-state index contributed by atoms with van der Waals surface area (Å²) in [6.07, 6.45) is 0. The smallest absolute Gasteiger partial charge is 0.195 e. The van der Waals surface area contributed by atoms with E-state index in [-0.39, 0.29) is 0 Å². The predicted molar refractivity (Wildman–Crippen MR) is 71.3 cm³/mol. The zero-order valence-electron chi connectivity index (χ0n) is 9.55. The number of rotatable bonds is 2. The lowest BCUT2D eigenvalue weighted by Gasteiger charge is -2.19. The molecule has 86 valence electrons. The SMILES string of the molecule is CC(C)c1ccc(N2CCNC2=N)c(Br)c1. The molecule has 0 bridgehead atoms. The Morgan fingerprint density at radius 3 is 2.69 bits per heavy atom. The molecule has 3 nitrogen and oxygen atoms in total. The van der Waals surface area contributed by atoms with Crippen LogP contribution in [0.3, 0.4) is 0 Å². The Hall–Kier alpha value is -1.03. The number of hydrogen-bond acceptors (Lipinski definition) is 1. The Morgan fingerprint density at radius 1 is 1.44 bits per heavy atom. The monoisotopic (exact) mass is 281 g/mol. The van der Waals surface area contributed by atoms with Gasteiger partial charge in [0.15, 0.2) is 5.96 Å². The van der Waals surface area contributed by atoms with E-state index in [0.29, 0.717) is 11.9 Å². The second-order valence-corrected chi connectivity index (χ2v) is 5.15. The van der Waals surface area contributed by atoms with Gasteiger partial charge in [-0.05, 0) is 39.5 Å². The highest BCUT2D eigenvalue weighted by Crippen LogP contribution is 2.30. The number of benzene rings is 1. The van der Waals surface area contributed by atoms with Crippen molar-refractivity contribution < 1.29 is 0 Å². The predicted octanol–water partition coefficient (Wildman–Crippen LogP) is 2.92. The van der Waals surface area contributed by atoms with E-state index in [2.05, 4.69) is 53.3 Å². The summed E-state index contributed by atoms with van der Waals surface area (Å²) in [7, 11) is 0. The molecule has 4 heteroatoms. The number of nitrogens with zero attached hydrogens (tertiary/aromatic N) is 1. The minimum Gasteiger partial charge on any atom is -0.354 e. The molecule has 1 saturated heterocycles. The maximum absolute atomic E-state index is 7.77. The molecule has 0 aliphatic carbocycles. The summed E-state index contributed by atoms with van der Waals surface area (Å²) in [5.41, 5.74) is 2.38. The molecular formula is C12H16BrN3. The second-order valence-electron chi connectivity index (χ2n) is 4.29. The van der Waals surface area contributed by atoms with E-state index >= 15 is 0 Å². The minimum atomic E-state index is 0.484. The minimum absolute atomic E-state index is 0.484. The first kappa shape index (κ1) is 11.5. The van der Waals surface area contributed by atoms with Gasteiger partial charge < -0.3 is 10.2 Å². The number of nitrogens with one attached hydrogen (secondary N) is 2. The zero-order chi connectivity index (χ0) is 11.7. The molecule has 0 saturated carbocycles. The van der Waals surface area contributed by atoms with E-state index in [1.54, 1.807) is 0 Å². The van der Waals surface area contributed by atoms with Gasteiger partial charge in [-0.2, -0.15) is 0 Å². The number of guanidine groups is 1. The molecule has 1 fully saturated rings. The molecule has 1 aliphatic rings. The highest BCUT2D eigenvalue weighted by atomic mass is 79.9. The lowest BCUT2D eigenvalue weighted by atomic mass is 10.0. The molecule has 0 radical (unpaired) electrons. The first-order chi connectivity index (χ1) is 7.59. The van der Waals surface area contributed by atoms with Gasteiger partial charge in [0.1, 0.15) is 0 Å². The van der Waals surface area contributed by atoms with Gasteiger partial charge in [-0.1, -0.05) is 19.9 Å². The van der Waals surface area contributed by atoms with E-state index in [9.17, 15) is 0 Å². The van der Waals surface area contributed by atoms with Crippen molar-refractivity contribution in [2.75, 3.05) is 18.0 Å². The normalized spacial score (nSPS) is 15.8. The molecule has 0 aromatic heterocycles. The van der Waals surface area contributed by atoms with Crippen LogP contribution in [-0.2, 0) is 0 Å². The van der Waals surface area contributed by atoms with Gasteiger partial charge in [0, 0.05) is 17.6 Å². The van der Waals surface area contributed by atoms with Crippen LogP contribution in [0.2, 0.25) is 0 Å². The van der Waals surface area contributed by atoms with Crippen molar-refractivity contribution in [1.29, 1.82) is 5.41 Å². The average molecular weight is 282 g/mol. The lowest BCUT2D eigenvalue weighted by Crippen LogP contribution is -2.28. The second kappa shape index (κ2) is 4.45. The maximum atomic E-state index is 7.77. The lowest BCUT2D eigenvalue weighted by molar-refractivity contribution is 0.865. The summed E-state index contributed by atoms with van der Waals surface area (Å²) in [5.74, 6) is 1.01. The molecular weight excluding hydrogens is 266 g/mol. The van der Waals surface area contributed by atoms with Crippen LogP contribution in [0.4, 0.5) is 5.69 Å². The molecule has 1 aromatic carbocycles. The molecule has 0 amide bonds. The maximum Gasteiger partial charge on any atom is 0.195 e. The van der Waals surface area contributed by atoms with Crippen molar-refractivity contribution in [3.63, 3.8) is 0 Å². The van der Waals surface area contributed by atoms with Crippen LogP contribution >= 0.6 is 15.9 Å².